The molecule has 0 fully saturated rings. The quantitative estimate of drug-likeness (QED) is 0.786. The smallest absolute Gasteiger partial charge is 0.251 e. The minimum Gasteiger partial charge on any atom is -0.352 e. The topological polar surface area (TPSA) is 59.8 Å². The number of nitrogens with zero attached hydrogens (tertiary/aromatic N) is 3. The Morgan fingerprint density at radius 1 is 1.12 bits per heavy atom. The van der Waals surface area contributed by atoms with Gasteiger partial charge in [0.25, 0.3) is 5.91 Å². The molecule has 0 saturated heterocycles. The minimum atomic E-state index is -0.0886. The Bertz CT molecular complexity index is 840. The van der Waals surface area contributed by atoms with Gasteiger partial charge in [0.05, 0.1) is 11.4 Å². The second kappa shape index (κ2) is 7.08. The molecule has 0 spiro atoms. The highest BCUT2D eigenvalue weighted by Crippen LogP contribution is 2.13. The second-order valence-electron chi connectivity index (χ2n) is 5.72. The number of aryl methyl sites for hydroxylation is 2. The number of pyridine rings is 1. The molecule has 0 bridgehead atoms. The predicted molar refractivity (Wildman–Crippen MR) is 93.3 cm³/mol. The van der Waals surface area contributed by atoms with Crippen molar-refractivity contribution in [2.75, 3.05) is 6.54 Å². The zero-order valence-corrected chi connectivity index (χ0v) is 13.9. The SMILES string of the molecule is Cc1cc(C)n(-c2cccc(C(=O)NCCc3ccccn3)c2)n1. The maximum absolute atomic E-state index is 12.3. The third-order valence-corrected chi connectivity index (χ3v) is 3.76. The molecular weight excluding hydrogens is 300 g/mol. The monoisotopic (exact) mass is 320 g/mol. The fourth-order valence-corrected chi connectivity index (χ4v) is 2.62. The summed E-state index contributed by atoms with van der Waals surface area (Å²) in [7, 11) is 0. The number of carbonyl (C=O) groups is 1. The lowest BCUT2D eigenvalue weighted by Gasteiger charge is -2.08. The Morgan fingerprint density at radius 3 is 2.71 bits per heavy atom. The van der Waals surface area contributed by atoms with Gasteiger partial charge in [0, 0.05) is 36.1 Å². The predicted octanol–water partition coefficient (Wildman–Crippen LogP) is 2.86. The third-order valence-electron chi connectivity index (χ3n) is 3.76. The molecule has 0 saturated carbocycles. The summed E-state index contributed by atoms with van der Waals surface area (Å²) in [5.74, 6) is -0.0886. The van der Waals surface area contributed by atoms with Crippen LogP contribution >= 0.6 is 0 Å². The van der Waals surface area contributed by atoms with Gasteiger partial charge in [-0.25, -0.2) is 4.68 Å². The average Bonchev–Trinajstić information content (AvgIpc) is 2.94. The van der Waals surface area contributed by atoms with Crippen LogP contribution in [0.4, 0.5) is 0 Å². The van der Waals surface area contributed by atoms with Crippen molar-refractivity contribution in [3.05, 3.63) is 77.4 Å². The average molecular weight is 320 g/mol. The van der Waals surface area contributed by atoms with Crippen LogP contribution in [0.25, 0.3) is 5.69 Å². The van der Waals surface area contributed by atoms with Crippen molar-refractivity contribution in [3.8, 4) is 5.69 Å². The molecule has 122 valence electrons. The first kappa shape index (κ1) is 15.9. The minimum absolute atomic E-state index is 0.0886. The number of hydrogen-bond acceptors (Lipinski definition) is 3. The van der Waals surface area contributed by atoms with E-state index in [1.165, 1.54) is 0 Å². The van der Waals surface area contributed by atoms with Crippen LogP contribution in [0.2, 0.25) is 0 Å². The number of benzene rings is 1. The van der Waals surface area contributed by atoms with E-state index < -0.39 is 0 Å². The van der Waals surface area contributed by atoms with Gasteiger partial charge >= 0.3 is 0 Å². The molecule has 0 aliphatic rings. The maximum Gasteiger partial charge on any atom is 0.251 e. The van der Waals surface area contributed by atoms with Gasteiger partial charge in [-0.3, -0.25) is 9.78 Å². The molecule has 2 heterocycles. The molecule has 1 amide bonds. The third kappa shape index (κ3) is 3.68. The molecule has 0 radical (unpaired) electrons. The summed E-state index contributed by atoms with van der Waals surface area (Å²) in [6, 6.07) is 15.3. The Morgan fingerprint density at radius 2 is 2.00 bits per heavy atom. The first-order chi connectivity index (χ1) is 11.6. The van der Waals surface area contributed by atoms with Crippen molar-refractivity contribution in [3.63, 3.8) is 0 Å². The van der Waals surface area contributed by atoms with Crippen molar-refractivity contribution in [2.45, 2.75) is 20.3 Å². The van der Waals surface area contributed by atoms with Crippen LogP contribution in [0.15, 0.2) is 54.7 Å². The second-order valence-corrected chi connectivity index (χ2v) is 5.72. The van der Waals surface area contributed by atoms with E-state index in [0.717, 1.165) is 22.8 Å². The van der Waals surface area contributed by atoms with Crippen molar-refractivity contribution in [1.29, 1.82) is 0 Å². The van der Waals surface area contributed by atoms with E-state index in [1.54, 1.807) is 6.20 Å². The van der Waals surface area contributed by atoms with Crippen LogP contribution in [0, 0.1) is 13.8 Å². The van der Waals surface area contributed by atoms with Crippen LogP contribution in [0.1, 0.15) is 27.4 Å². The Kier molecular flexibility index (Phi) is 4.70. The standard InChI is InChI=1S/C19H20N4O/c1-14-12-15(2)23(22-14)18-8-5-6-16(13-18)19(24)21-11-9-17-7-3-4-10-20-17/h3-8,10,12-13H,9,11H2,1-2H3,(H,21,24). The van der Waals surface area contributed by atoms with Gasteiger partial charge in [-0.2, -0.15) is 5.10 Å². The Labute approximate surface area is 141 Å². The van der Waals surface area contributed by atoms with E-state index in [0.29, 0.717) is 18.5 Å². The molecule has 5 nitrogen and oxygen atoms in total. The van der Waals surface area contributed by atoms with E-state index in [2.05, 4.69) is 15.4 Å². The summed E-state index contributed by atoms with van der Waals surface area (Å²) >= 11 is 0. The molecule has 24 heavy (non-hydrogen) atoms. The largest absolute Gasteiger partial charge is 0.352 e. The van der Waals surface area contributed by atoms with Crippen LogP contribution in [0.5, 0.6) is 0 Å². The lowest BCUT2D eigenvalue weighted by Crippen LogP contribution is -2.26. The molecule has 0 aliphatic carbocycles. The molecule has 2 aromatic heterocycles. The van der Waals surface area contributed by atoms with E-state index in [1.807, 2.05) is 67.1 Å². The highest BCUT2D eigenvalue weighted by atomic mass is 16.1. The fraction of sp³-hybridized carbons (Fsp3) is 0.211. The summed E-state index contributed by atoms with van der Waals surface area (Å²) in [5.41, 5.74) is 4.48. The number of amides is 1. The molecule has 3 aromatic rings. The van der Waals surface area contributed by atoms with E-state index in [9.17, 15) is 4.79 Å². The molecule has 0 aliphatic heterocycles. The van der Waals surface area contributed by atoms with Crippen LogP contribution in [-0.4, -0.2) is 27.2 Å². The van der Waals surface area contributed by atoms with Gasteiger partial charge < -0.3 is 5.32 Å². The Balaban J connectivity index is 1.67. The Hall–Kier alpha value is -2.95. The first-order valence-corrected chi connectivity index (χ1v) is 7.95. The van der Waals surface area contributed by atoms with E-state index >= 15 is 0 Å². The number of aromatic nitrogens is 3. The normalized spacial score (nSPS) is 10.6. The lowest BCUT2D eigenvalue weighted by atomic mass is 10.2. The fourth-order valence-electron chi connectivity index (χ4n) is 2.62. The summed E-state index contributed by atoms with van der Waals surface area (Å²) in [6.07, 6.45) is 2.47. The van der Waals surface area contributed by atoms with Crippen LogP contribution in [-0.2, 0) is 6.42 Å². The maximum atomic E-state index is 12.3. The number of nitrogens with one attached hydrogen (secondary N) is 1. The van der Waals surface area contributed by atoms with Crippen molar-refractivity contribution >= 4 is 5.91 Å². The number of rotatable bonds is 5. The molecule has 5 heteroatoms. The van der Waals surface area contributed by atoms with Gasteiger partial charge in [-0.1, -0.05) is 12.1 Å². The summed E-state index contributed by atoms with van der Waals surface area (Å²) < 4.78 is 1.85. The highest BCUT2D eigenvalue weighted by molar-refractivity contribution is 5.94. The molecule has 1 aromatic carbocycles. The molecule has 0 atom stereocenters. The van der Waals surface area contributed by atoms with E-state index in [-0.39, 0.29) is 5.91 Å². The lowest BCUT2D eigenvalue weighted by molar-refractivity contribution is 0.0954. The van der Waals surface area contributed by atoms with Crippen LogP contribution < -0.4 is 5.32 Å². The van der Waals surface area contributed by atoms with Crippen molar-refractivity contribution in [1.82, 2.24) is 20.1 Å². The zero-order valence-electron chi connectivity index (χ0n) is 13.9. The molecule has 0 unspecified atom stereocenters. The van der Waals surface area contributed by atoms with Gasteiger partial charge in [0.2, 0.25) is 0 Å². The van der Waals surface area contributed by atoms with Crippen molar-refractivity contribution < 1.29 is 4.79 Å². The number of hydrogen-bond donors (Lipinski definition) is 1. The molecular formula is C19H20N4O. The van der Waals surface area contributed by atoms with E-state index in [4.69, 9.17) is 0 Å². The van der Waals surface area contributed by atoms with Gasteiger partial charge in [-0.15, -0.1) is 0 Å². The van der Waals surface area contributed by atoms with Gasteiger partial charge in [-0.05, 0) is 50.2 Å². The molecule has 1 N–H and O–H groups in total. The van der Waals surface area contributed by atoms with Crippen LogP contribution in [0.3, 0.4) is 0 Å². The summed E-state index contributed by atoms with van der Waals surface area (Å²) in [6.45, 7) is 4.51. The number of carbonyl (C=O) groups excluding carboxylic acids is 1. The highest BCUT2D eigenvalue weighted by Gasteiger charge is 2.09. The first-order valence-electron chi connectivity index (χ1n) is 7.95. The molecule has 3 rings (SSSR count). The van der Waals surface area contributed by atoms with Gasteiger partial charge in [0.15, 0.2) is 0 Å². The summed E-state index contributed by atoms with van der Waals surface area (Å²) in [4.78, 5) is 16.6. The van der Waals surface area contributed by atoms with Gasteiger partial charge in [0.1, 0.15) is 0 Å². The zero-order chi connectivity index (χ0) is 16.9. The summed E-state index contributed by atoms with van der Waals surface area (Å²) in [5, 5.41) is 7.40. The van der Waals surface area contributed by atoms with Crippen molar-refractivity contribution in [2.24, 2.45) is 0 Å².